The summed E-state index contributed by atoms with van der Waals surface area (Å²) in [6, 6.07) is -0.936. The largest absolute Gasteiger partial charge is 0.481 e. The van der Waals surface area contributed by atoms with Gasteiger partial charge in [-0.2, -0.15) is 0 Å². The van der Waals surface area contributed by atoms with Gasteiger partial charge in [0.2, 0.25) is 0 Å². The zero-order valence-corrected chi connectivity index (χ0v) is 5.99. The fraction of sp³-hybridized carbons (Fsp3) is 0.667. The van der Waals surface area contributed by atoms with Crippen molar-refractivity contribution in [3.8, 4) is 0 Å². The molecule has 5 heteroatoms. The second-order valence-electron chi connectivity index (χ2n) is 2.23. The lowest BCUT2D eigenvalue weighted by Crippen LogP contribution is -2.29. The van der Waals surface area contributed by atoms with Gasteiger partial charge in [-0.05, 0) is 12.8 Å². The van der Waals surface area contributed by atoms with Gasteiger partial charge >= 0.3 is 11.9 Å². The predicted molar refractivity (Wildman–Crippen MR) is 37.1 cm³/mol. The molecule has 0 amide bonds. The summed E-state index contributed by atoms with van der Waals surface area (Å²) in [5.41, 5.74) is 5.11. The minimum atomic E-state index is -1.09. The Kier molecular flexibility index (Phi) is 4.21. The van der Waals surface area contributed by atoms with Crippen LogP contribution in [0.2, 0.25) is 0 Å². The van der Waals surface area contributed by atoms with Crippen molar-refractivity contribution in [3.63, 3.8) is 0 Å². The van der Waals surface area contributed by atoms with E-state index in [1.165, 1.54) is 0 Å². The molecular weight excluding hydrogens is 152 g/mol. The van der Waals surface area contributed by atoms with Crippen LogP contribution >= 0.6 is 0 Å². The number of carbonyl (C=O) groups is 2. The fourth-order valence-electron chi connectivity index (χ4n) is 0.597. The van der Waals surface area contributed by atoms with Crippen molar-refractivity contribution in [2.24, 2.45) is 5.73 Å². The second-order valence-corrected chi connectivity index (χ2v) is 2.23. The molecule has 0 saturated heterocycles. The van der Waals surface area contributed by atoms with Crippen molar-refractivity contribution in [1.82, 2.24) is 0 Å². The molecule has 1 unspecified atom stereocenters. The molecule has 0 aliphatic carbocycles. The summed E-state index contributed by atoms with van der Waals surface area (Å²) in [6.45, 7) is 0. The first-order valence-corrected chi connectivity index (χ1v) is 3.24. The van der Waals surface area contributed by atoms with E-state index in [9.17, 15) is 9.59 Å². The van der Waals surface area contributed by atoms with E-state index in [4.69, 9.17) is 15.9 Å². The van der Waals surface area contributed by atoms with Gasteiger partial charge in [0.05, 0.1) is 0 Å². The number of rotatable bonds is 5. The highest BCUT2D eigenvalue weighted by atomic mass is 16.6. The lowest BCUT2D eigenvalue weighted by molar-refractivity contribution is -0.140. The van der Waals surface area contributed by atoms with Crippen molar-refractivity contribution >= 4 is 11.9 Å². The van der Waals surface area contributed by atoms with Crippen LogP contribution in [-0.2, 0) is 9.59 Å². The molecule has 0 saturated carbocycles. The van der Waals surface area contributed by atoms with Gasteiger partial charge < -0.3 is 15.9 Å². The number of carboxylic acid groups (broad SMARTS) is 2. The molecule has 0 radical (unpaired) electrons. The van der Waals surface area contributed by atoms with Crippen LogP contribution in [0.1, 0.15) is 19.3 Å². The van der Waals surface area contributed by atoms with Crippen molar-refractivity contribution in [2.75, 3.05) is 0 Å². The van der Waals surface area contributed by atoms with E-state index in [1.807, 2.05) is 0 Å². The van der Waals surface area contributed by atoms with Gasteiger partial charge in [0.25, 0.3) is 0 Å². The second kappa shape index (κ2) is 4.68. The summed E-state index contributed by atoms with van der Waals surface area (Å²) in [7, 11) is 0. The minimum absolute atomic E-state index is 0.0268. The molecule has 0 aromatic heterocycles. The molecule has 4 N–H and O–H groups in total. The Balaban J connectivity index is 3.39. The van der Waals surface area contributed by atoms with Gasteiger partial charge in [-0.15, -0.1) is 0 Å². The van der Waals surface area contributed by atoms with Crippen LogP contribution < -0.4 is 5.73 Å². The van der Waals surface area contributed by atoms with E-state index >= 15 is 0 Å². The molecule has 0 aliphatic rings. The van der Waals surface area contributed by atoms with E-state index in [1.54, 1.807) is 0 Å². The highest BCUT2D eigenvalue weighted by molar-refractivity contribution is 5.73. The van der Waals surface area contributed by atoms with Crippen molar-refractivity contribution in [2.45, 2.75) is 25.3 Å². The van der Waals surface area contributed by atoms with Gasteiger partial charge in [0, 0.05) is 6.42 Å². The maximum Gasteiger partial charge on any atom is 0.320 e. The molecule has 5 nitrogen and oxygen atoms in total. The third-order valence-corrected chi connectivity index (χ3v) is 1.22. The van der Waals surface area contributed by atoms with Crippen LogP contribution in [0.5, 0.6) is 0 Å². The molecule has 11 heavy (non-hydrogen) atoms. The Bertz CT molecular complexity index is 157. The van der Waals surface area contributed by atoms with Crippen LogP contribution in [-0.4, -0.2) is 28.2 Å². The monoisotopic (exact) mass is 163 g/mol. The molecular formula is C6H11NO4. The molecule has 0 bridgehead atoms. The first kappa shape index (κ1) is 9.90. The van der Waals surface area contributed by atoms with Crippen LogP contribution in [0.15, 0.2) is 0 Å². The Morgan fingerprint density at radius 3 is 2.55 bits per heavy atom. The number of carboxylic acids is 2. The van der Waals surface area contributed by atoms with Crippen LogP contribution in [0, 0.1) is 0 Å². The molecule has 0 aromatic rings. The Morgan fingerprint density at radius 1 is 1.64 bits per heavy atom. The molecule has 0 aromatic carbocycles. The van der Waals surface area contributed by atoms with Crippen molar-refractivity contribution in [3.05, 3.63) is 0 Å². The zero-order valence-electron chi connectivity index (χ0n) is 5.99. The van der Waals surface area contributed by atoms with Crippen LogP contribution in [0.25, 0.3) is 0 Å². The predicted octanol–water partition coefficient (Wildman–Crippen LogP) is -0.347. The maximum atomic E-state index is 10.1. The lowest BCUT2D eigenvalue weighted by atomic mass is 10.2. The SMILES string of the molecule is NC(CCC[14C](=O)O)C(=O)O. The molecule has 0 spiro atoms. The summed E-state index contributed by atoms with van der Waals surface area (Å²) in [5.74, 6) is -2.02. The average Bonchev–Trinajstić information content (AvgIpc) is 1.86. The number of hydrogen-bond acceptors (Lipinski definition) is 3. The molecule has 0 rings (SSSR count). The van der Waals surface area contributed by atoms with E-state index < -0.39 is 18.0 Å². The number of nitrogens with two attached hydrogens (primary N) is 1. The maximum absolute atomic E-state index is 10.1. The smallest absolute Gasteiger partial charge is 0.320 e. The van der Waals surface area contributed by atoms with Gasteiger partial charge in [0.1, 0.15) is 6.04 Å². The van der Waals surface area contributed by atoms with E-state index in [-0.39, 0.29) is 12.8 Å². The number of hydrogen-bond donors (Lipinski definition) is 3. The van der Waals surface area contributed by atoms with Gasteiger partial charge in [-0.1, -0.05) is 0 Å². The quantitative estimate of drug-likeness (QED) is 0.514. The normalized spacial score (nSPS) is 12.5. The Morgan fingerprint density at radius 2 is 2.18 bits per heavy atom. The van der Waals surface area contributed by atoms with Gasteiger partial charge in [0.15, 0.2) is 0 Å². The highest BCUT2D eigenvalue weighted by Gasteiger charge is 2.10. The molecule has 0 aliphatic heterocycles. The van der Waals surface area contributed by atoms with Crippen molar-refractivity contribution in [1.29, 1.82) is 0 Å². The van der Waals surface area contributed by atoms with Crippen LogP contribution in [0.3, 0.4) is 0 Å². The molecule has 64 valence electrons. The van der Waals surface area contributed by atoms with Crippen molar-refractivity contribution < 1.29 is 19.8 Å². The summed E-state index contributed by atoms with van der Waals surface area (Å²) >= 11 is 0. The van der Waals surface area contributed by atoms with Gasteiger partial charge in [-0.25, -0.2) is 0 Å². The first-order valence-electron chi connectivity index (χ1n) is 3.24. The Labute approximate surface area is 63.8 Å². The lowest BCUT2D eigenvalue weighted by Gasteiger charge is -2.02. The standard InChI is InChI=1S/C6H11NO4/c7-4(6(10)11)2-1-3-5(8)9/h4H,1-3,7H2,(H,8,9)(H,10,11)/i5+2. The third-order valence-electron chi connectivity index (χ3n) is 1.22. The molecule has 0 fully saturated rings. The van der Waals surface area contributed by atoms with Crippen LogP contribution in [0.4, 0.5) is 0 Å². The highest BCUT2D eigenvalue weighted by Crippen LogP contribution is 1.98. The fourth-order valence-corrected chi connectivity index (χ4v) is 0.597. The summed E-state index contributed by atoms with van der Waals surface area (Å²) < 4.78 is 0. The number of aliphatic carboxylic acids is 2. The Hall–Kier alpha value is -1.10. The molecule has 1 atom stereocenters. The van der Waals surface area contributed by atoms with Gasteiger partial charge in [-0.3, -0.25) is 9.59 Å². The average molecular weight is 163 g/mol. The molecule has 0 heterocycles. The third kappa shape index (κ3) is 5.35. The first-order chi connectivity index (χ1) is 5.04. The van der Waals surface area contributed by atoms with E-state index in [0.29, 0.717) is 6.42 Å². The minimum Gasteiger partial charge on any atom is -0.481 e. The topological polar surface area (TPSA) is 101 Å². The van der Waals surface area contributed by atoms with E-state index in [0.717, 1.165) is 0 Å². The summed E-state index contributed by atoms with van der Waals surface area (Å²) in [4.78, 5) is 20.1. The zero-order chi connectivity index (χ0) is 8.85. The van der Waals surface area contributed by atoms with E-state index in [2.05, 4.69) is 0 Å². The summed E-state index contributed by atoms with van der Waals surface area (Å²) in [5, 5.41) is 16.5. The summed E-state index contributed by atoms with van der Waals surface area (Å²) in [6.07, 6.45) is 0.491.